The van der Waals surface area contributed by atoms with E-state index in [9.17, 15) is 0 Å². The number of nitrogens with zero attached hydrogens (tertiary/aromatic N) is 1. The molecule has 0 amide bonds. The van der Waals surface area contributed by atoms with Gasteiger partial charge in [-0.3, -0.25) is 4.98 Å². The third-order valence-corrected chi connectivity index (χ3v) is 3.97. The number of hydrogen-bond acceptors (Lipinski definition) is 2. The lowest BCUT2D eigenvalue weighted by Crippen LogP contribution is -2.17. The first kappa shape index (κ1) is 13.8. The van der Waals surface area contributed by atoms with Crippen molar-refractivity contribution in [3.05, 3.63) is 77.5 Å². The zero-order valence-electron chi connectivity index (χ0n) is 12.5. The van der Waals surface area contributed by atoms with Crippen LogP contribution in [-0.4, -0.2) is 12.0 Å². The first-order valence-electron chi connectivity index (χ1n) is 7.42. The van der Waals surface area contributed by atoms with E-state index in [1.54, 1.807) is 0 Å². The van der Waals surface area contributed by atoms with Gasteiger partial charge in [0.15, 0.2) is 0 Å². The number of benzene rings is 2. The number of aromatic nitrogens is 1. The lowest BCUT2D eigenvalue weighted by molar-refractivity contribution is 0.692. The van der Waals surface area contributed by atoms with E-state index in [4.69, 9.17) is 0 Å². The van der Waals surface area contributed by atoms with Gasteiger partial charge in [-0.25, -0.2) is 0 Å². The summed E-state index contributed by atoms with van der Waals surface area (Å²) in [5.41, 5.74) is 4.97. The maximum Gasteiger partial charge on any atom is 0.0702 e. The maximum absolute atomic E-state index is 4.38. The molecule has 3 aromatic rings. The second-order valence-corrected chi connectivity index (χ2v) is 5.27. The summed E-state index contributed by atoms with van der Waals surface area (Å²) in [6.07, 6.45) is 2.91. The van der Waals surface area contributed by atoms with Crippen molar-refractivity contribution in [3.8, 4) is 0 Å². The van der Waals surface area contributed by atoms with Crippen molar-refractivity contribution in [1.29, 1.82) is 0 Å². The molecule has 1 atom stereocenters. The molecular formula is C19H20N2. The minimum Gasteiger partial charge on any atom is -0.309 e. The molecule has 21 heavy (non-hydrogen) atoms. The summed E-state index contributed by atoms with van der Waals surface area (Å²) >= 11 is 0. The van der Waals surface area contributed by atoms with E-state index < -0.39 is 0 Å². The van der Waals surface area contributed by atoms with Crippen molar-refractivity contribution in [3.63, 3.8) is 0 Å². The minimum absolute atomic E-state index is 0.209. The molecule has 0 saturated carbocycles. The van der Waals surface area contributed by atoms with E-state index >= 15 is 0 Å². The summed E-state index contributed by atoms with van der Waals surface area (Å²) < 4.78 is 0. The van der Waals surface area contributed by atoms with Gasteiger partial charge in [0.1, 0.15) is 0 Å². The molecule has 0 aliphatic rings. The average Bonchev–Trinajstić information content (AvgIpc) is 2.56. The summed E-state index contributed by atoms with van der Waals surface area (Å²) in [5, 5.41) is 4.60. The summed E-state index contributed by atoms with van der Waals surface area (Å²) in [6, 6.07) is 19.6. The van der Waals surface area contributed by atoms with Gasteiger partial charge in [-0.2, -0.15) is 0 Å². The van der Waals surface area contributed by atoms with Crippen molar-refractivity contribution in [2.45, 2.75) is 19.4 Å². The lowest BCUT2D eigenvalue weighted by atomic mass is 9.96. The minimum atomic E-state index is 0.209. The van der Waals surface area contributed by atoms with Crippen LogP contribution >= 0.6 is 0 Å². The zero-order valence-corrected chi connectivity index (χ0v) is 12.5. The topological polar surface area (TPSA) is 24.9 Å². The fourth-order valence-electron chi connectivity index (χ4n) is 2.75. The molecule has 1 unspecified atom stereocenters. The molecule has 106 valence electrons. The molecule has 1 N–H and O–H groups in total. The van der Waals surface area contributed by atoms with E-state index in [1.807, 2.05) is 19.3 Å². The van der Waals surface area contributed by atoms with Crippen LogP contribution in [0.5, 0.6) is 0 Å². The van der Waals surface area contributed by atoms with Crippen molar-refractivity contribution in [2.24, 2.45) is 0 Å². The Morgan fingerprint density at radius 2 is 1.76 bits per heavy atom. The van der Waals surface area contributed by atoms with Crippen LogP contribution < -0.4 is 5.32 Å². The molecule has 2 heteroatoms. The first-order valence-corrected chi connectivity index (χ1v) is 7.42. The van der Waals surface area contributed by atoms with Gasteiger partial charge in [0.2, 0.25) is 0 Å². The van der Waals surface area contributed by atoms with Crippen molar-refractivity contribution in [2.75, 3.05) is 7.05 Å². The summed E-state index contributed by atoms with van der Waals surface area (Å²) in [7, 11) is 2.01. The van der Waals surface area contributed by atoms with Gasteiger partial charge in [-0.15, -0.1) is 0 Å². The monoisotopic (exact) mass is 276 g/mol. The number of rotatable bonds is 4. The fourth-order valence-corrected chi connectivity index (χ4v) is 2.75. The van der Waals surface area contributed by atoms with Crippen molar-refractivity contribution < 1.29 is 0 Å². The predicted molar refractivity (Wildman–Crippen MR) is 88.5 cm³/mol. The van der Waals surface area contributed by atoms with Gasteiger partial charge in [0.25, 0.3) is 0 Å². The molecule has 2 nitrogen and oxygen atoms in total. The molecule has 2 aromatic carbocycles. The molecule has 1 aromatic heterocycles. The Bertz CT molecular complexity index is 732. The number of hydrogen-bond donors (Lipinski definition) is 1. The summed E-state index contributed by atoms with van der Waals surface area (Å²) in [6.45, 7) is 2.18. The second kappa shape index (κ2) is 6.06. The van der Waals surface area contributed by atoms with Crippen LogP contribution in [0.1, 0.15) is 29.7 Å². The van der Waals surface area contributed by atoms with Crippen LogP contribution in [-0.2, 0) is 6.42 Å². The smallest absolute Gasteiger partial charge is 0.0702 e. The number of pyridine rings is 1. The molecule has 0 fully saturated rings. The van der Waals surface area contributed by atoms with E-state index in [1.165, 1.54) is 22.1 Å². The second-order valence-electron chi connectivity index (χ2n) is 5.27. The molecule has 0 spiro atoms. The zero-order chi connectivity index (χ0) is 14.7. The van der Waals surface area contributed by atoms with Gasteiger partial charge in [-0.05, 0) is 48.4 Å². The van der Waals surface area contributed by atoms with Crippen LogP contribution in [0.2, 0.25) is 0 Å². The number of aryl methyl sites for hydroxylation is 1. The highest BCUT2D eigenvalue weighted by Gasteiger charge is 2.12. The van der Waals surface area contributed by atoms with Crippen LogP contribution in [0.3, 0.4) is 0 Å². The molecule has 3 rings (SSSR count). The summed E-state index contributed by atoms with van der Waals surface area (Å²) in [4.78, 5) is 4.38. The molecule has 0 aliphatic heterocycles. The van der Waals surface area contributed by atoms with Gasteiger partial charge in [-0.1, -0.05) is 43.3 Å². The van der Waals surface area contributed by atoms with E-state index in [2.05, 4.69) is 65.8 Å². The Balaban J connectivity index is 2.00. The Kier molecular flexibility index (Phi) is 3.98. The Hall–Kier alpha value is -2.19. The van der Waals surface area contributed by atoms with Gasteiger partial charge in [0, 0.05) is 11.6 Å². The quantitative estimate of drug-likeness (QED) is 0.776. The van der Waals surface area contributed by atoms with Crippen LogP contribution in [0.25, 0.3) is 10.9 Å². The van der Waals surface area contributed by atoms with Crippen molar-refractivity contribution in [1.82, 2.24) is 10.3 Å². The Morgan fingerprint density at radius 3 is 2.48 bits per heavy atom. The predicted octanol–water partition coefficient (Wildman–Crippen LogP) is 4.11. The standard InChI is InChI=1S/C19H20N2/c1-3-14-6-8-15(9-7-14)19(20-2)17-10-11-18-16(13-17)5-4-12-21-18/h4-13,19-20H,3H2,1-2H3. The SMILES string of the molecule is CCc1ccc(C(NC)c2ccc3ncccc3c2)cc1. The molecule has 0 aliphatic carbocycles. The third-order valence-electron chi connectivity index (χ3n) is 3.97. The molecule has 0 radical (unpaired) electrons. The van der Waals surface area contributed by atoms with Crippen molar-refractivity contribution >= 4 is 10.9 Å². The third kappa shape index (κ3) is 2.81. The Labute approximate surface area is 125 Å². The molecule has 0 bridgehead atoms. The highest BCUT2D eigenvalue weighted by molar-refractivity contribution is 5.79. The highest BCUT2D eigenvalue weighted by atomic mass is 14.9. The average molecular weight is 276 g/mol. The number of fused-ring (bicyclic) bond motifs is 1. The number of nitrogens with one attached hydrogen (secondary N) is 1. The van der Waals surface area contributed by atoms with Gasteiger partial charge >= 0.3 is 0 Å². The first-order chi connectivity index (χ1) is 10.3. The highest BCUT2D eigenvalue weighted by Crippen LogP contribution is 2.25. The lowest BCUT2D eigenvalue weighted by Gasteiger charge is -2.18. The maximum atomic E-state index is 4.38. The molecular weight excluding hydrogens is 256 g/mol. The normalized spacial score (nSPS) is 12.5. The molecule has 0 saturated heterocycles. The van der Waals surface area contributed by atoms with Crippen LogP contribution in [0.4, 0.5) is 0 Å². The van der Waals surface area contributed by atoms with E-state index in [0.717, 1.165) is 11.9 Å². The Morgan fingerprint density at radius 1 is 1.00 bits per heavy atom. The van der Waals surface area contributed by atoms with E-state index in [-0.39, 0.29) is 6.04 Å². The van der Waals surface area contributed by atoms with Gasteiger partial charge < -0.3 is 5.32 Å². The van der Waals surface area contributed by atoms with Crippen LogP contribution in [0.15, 0.2) is 60.8 Å². The van der Waals surface area contributed by atoms with Gasteiger partial charge in [0.05, 0.1) is 11.6 Å². The summed E-state index contributed by atoms with van der Waals surface area (Å²) in [5.74, 6) is 0. The molecule has 1 heterocycles. The fraction of sp³-hybridized carbons (Fsp3) is 0.211. The van der Waals surface area contributed by atoms with E-state index in [0.29, 0.717) is 0 Å². The largest absolute Gasteiger partial charge is 0.309 e. The van der Waals surface area contributed by atoms with Crippen LogP contribution in [0, 0.1) is 0 Å².